The Hall–Kier alpha value is -1.52. The summed E-state index contributed by atoms with van der Waals surface area (Å²) in [6.45, 7) is 5.15. The van der Waals surface area contributed by atoms with Crippen LogP contribution in [0.3, 0.4) is 0 Å². The molecule has 0 aromatic carbocycles. The van der Waals surface area contributed by atoms with Crippen LogP contribution in [0.5, 0.6) is 0 Å². The highest BCUT2D eigenvalue weighted by Crippen LogP contribution is 2.09. The lowest BCUT2D eigenvalue weighted by atomic mass is 10.1. The summed E-state index contributed by atoms with van der Waals surface area (Å²) in [4.78, 5) is 14.3. The number of nitrogens with one attached hydrogen (secondary N) is 1. The third-order valence-electron chi connectivity index (χ3n) is 2.21. The Morgan fingerprint density at radius 2 is 2.31 bits per heavy atom. The summed E-state index contributed by atoms with van der Waals surface area (Å²) in [7, 11) is 0. The Balaban J connectivity index is 2.19. The number of rotatable bonds is 7. The van der Waals surface area contributed by atoms with Gasteiger partial charge in [-0.2, -0.15) is 4.98 Å². The largest absolute Gasteiger partial charge is 0.476 e. The van der Waals surface area contributed by atoms with Gasteiger partial charge in [0.05, 0.1) is 0 Å². The quantitative estimate of drug-likeness (QED) is 0.699. The van der Waals surface area contributed by atoms with Crippen LogP contribution in [0.2, 0.25) is 0 Å². The molecule has 1 heterocycles. The molecule has 0 saturated heterocycles. The van der Waals surface area contributed by atoms with E-state index in [9.17, 15) is 4.79 Å². The Kier molecular flexibility index (Phi) is 4.82. The van der Waals surface area contributed by atoms with Crippen LogP contribution in [-0.2, 0) is 0 Å². The molecule has 5 heteroatoms. The molecule has 0 radical (unpaired) electrons. The molecule has 0 aliphatic carbocycles. The fraction of sp³-hybridized carbons (Fsp3) is 0.636. The van der Waals surface area contributed by atoms with Crippen molar-refractivity contribution in [1.82, 2.24) is 4.98 Å². The van der Waals surface area contributed by atoms with Crippen LogP contribution in [0, 0.1) is 5.92 Å². The van der Waals surface area contributed by atoms with Crippen molar-refractivity contribution in [3.63, 3.8) is 0 Å². The summed E-state index contributed by atoms with van der Waals surface area (Å²) in [6, 6.07) is 0.280. The van der Waals surface area contributed by atoms with Crippen molar-refractivity contribution in [1.29, 1.82) is 0 Å². The van der Waals surface area contributed by atoms with Crippen molar-refractivity contribution in [2.45, 2.75) is 33.1 Å². The summed E-state index contributed by atoms with van der Waals surface area (Å²) >= 11 is 0. The molecule has 0 aliphatic heterocycles. The highest BCUT2D eigenvalue weighted by atomic mass is 16.4. The van der Waals surface area contributed by atoms with Gasteiger partial charge in [-0.1, -0.05) is 26.7 Å². The molecule has 0 amide bonds. The van der Waals surface area contributed by atoms with Crippen LogP contribution in [0.15, 0.2) is 10.7 Å². The Labute approximate surface area is 94.9 Å². The van der Waals surface area contributed by atoms with E-state index in [1.54, 1.807) is 0 Å². The van der Waals surface area contributed by atoms with Gasteiger partial charge in [-0.3, -0.25) is 0 Å². The number of unbranched alkanes of at least 4 members (excludes halogenated alkanes) is 1. The standard InChI is InChI=1S/C11H18N2O3/c1-8(2)5-3-4-6-12-11-13-9(7-16-11)10(14)15/h7-8H,3-6H2,1-2H3,(H,12,13)(H,14,15). The number of hydrogen-bond acceptors (Lipinski definition) is 4. The number of oxazole rings is 1. The Morgan fingerprint density at radius 1 is 1.56 bits per heavy atom. The molecule has 1 rings (SSSR count). The lowest BCUT2D eigenvalue weighted by Crippen LogP contribution is -2.03. The van der Waals surface area contributed by atoms with Gasteiger partial charge in [0.15, 0.2) is 5.69 Å². The summed E-state index contributed by atoms with van der Waals surface area (Å²) < 4.78 is 4.95. The third-order valence-corrected chi connectivity index (χ3v) is 2.21. The van der Waals surface area contributed by atoms with Crippen LogP contribution in [-0.4, -0.2) is 22.6 Å². The van der Waals surface area contributed by atoms with Gasteiger partial charge >= 0.3 is 5.97 Å². The monoisotopic (exact) mass is 226 g/mol. The number of aromatic carboxylic acids is 1. The van der Waals surface area contributed by atoms with Gasteiger partial charge in [-0.05, 0) is 12.3 Å². The van der Waals surface area contributed by atoms with E-state index in [0.717, 1.165) is 31.6 Å². The van der Waals surface area contributed by atoms with Gasteiger partial charge < -0.3 is 14.8 Å². The highest BCUT2D eigenvalue weighted by Gasteiger charge is 2.09. The van der Waals surface area contributed by atoms with Crippen molar-refractivity contribution in [2.75, 3.05) is 11.9 Å². The van der Waals surface area contributed by atoms with Gasteiger partial charge in [0.1, 0.15) is 6.26 Å². The predicted octanol–water partition coefficient (Wildman–Crippen LogP) is 2.61. The second kappa shape index (κ2) is 6.15. The highest BCUT2D eigenvalue weighted by molar-refractivity contribution is 5.85. The average Bonchev–Trinajstić information content (AvgIpc) is 2.65. The molecule has 1 aromatic heterocycles. The van der Waals surface area contributed by atoms with Crippen molar-refractivity contribution < 1.29 is 14.3 Å². The van der Waals surface area contributed by atoms with Crippen molar-refractivity contribution in [3.8, 4) is 0 Å². The normalized spacial score (nSPS) is 10.7. The van der Waals surface area contributed by atoms with E-state index in [0.29, 0.717) is 0 Å². The maximum Gasteiger partial charge on any atom is 0.357 e. The number of hydrogen-bond donors (Lipinski definition) is 2. The minimum absolute atomic E-state index is 0.0651. The third kappa shape index (κ3) is 4.33. The molecule has 2 N–H and O–H groups in total. The zero-order valence-corrected chi connectivity index (χ0v) is 9.69. The van der Waals surface area contributed by atoms with E-state index in [2.05, 4.69) is 24.1 Å². The SMILES string of the molecule is CC(C)CCCCNc1nc(C(=O)O)co1. The minimum Gasteiger partial charge on any atom is -0.476 e. The topological polar surface area (TPSA) is 75.4 Å². The predicted molar refractivity (Wildman–Crippen MR) is 60.6 cm³/mol. The smallest absolute Gasteiger partial charge is 0.357 e. The van der Waals surface area contributed by atoms with E-state index >= 15 is 0 Å². The van der Waals surface area contributed by atoms with Crippen LogP contribution < -0.4 is 5.32 Å². The Bertz CT molecular complexity index is 334. The van der Waals surface area contributed by atoms with E-state index in [1.165, 1.54) is 6.42 Å². The molecule has 16 heavy (non-hydrogen) atoms. The van der Waals surface area contributed by atoms with Crippen LogP contribution in [0.1, 0.15) is 43.6 Å². The van der Waals surface area contributed by atoms with Gasteiger partial charge in [-0.25, -0.2) is 4.79 Å². The van der Waals surface area contributed by atoms with E-state index in [1.807, 2.05) is 0 Å². The molecule has 0 bridgehead atoms. The lowest BCUT2D eigenvalue weighted by molar-refractivity contribution is 0.0690. The molecule has 1 aromatic rings. The number of aromatic nitrogens is 1. The molecular weight excluding hydrogens is 208 g/mol. The molecule has 0 fully saturated rings. The molecule has 0 aliphatic rings. The molecule has 90 valence electrons. The zero-order chi connectivity index (χ0) is 12.0. The lowest BCUT2D eigenvalue weighted by Gasteiger charge is -2.04. The van der Waals surface area contributed by atoms with Gasteiger partial charge in [-0.15, -0.1) is 0 Å². The first-order valence-corrected chi connectivity index (χ1v) is 5.52. The first-order valence-electron chi connectivity index (χ1n) is 5.52. The van der Waals surface area contributed by atoms with Gasteiger partial charge in [0, 0.05) is 6.54 Å². The number of anilines is 1. The minimum atomic E-state index is -1.07. The molecule has 5 nitrogen and oxygen atoms in total. The molecule has 0 unspecified atom stereocenters. The Morgan fingerprint density at radius 3 is 2.88 bits per heavy atom. The summed E-state index contributed by atoms with van der Waals surface area (Å²) in [5.41, 5.74) is -0.0651. The van der Waals surface area contributed by atoms with Gasteiger partial charge in [0.25, 0.3) is 6.01 Å². The zero-order valence-electron chi connectivity index (χ0n) is 9.69. The van der Waals surface area contributed by atoms with Crippen LogP contribution >= 0.6 is 0 Å². The summed E-state index contributed by atoms with van der Waals surface area (Å²) in [5, 5.41) is 11.6. The maximum absolute atomic E-state index is 10.5. The van der Waals surface area contributed by atoms with E-state index in [4.69, 9.17) is 9.52 Å². The summed E-state index contributed by atoms with van der Waals surface area (Å²) in [6.07, 6.45) is 4.52. The van der Waals surface area contributed by atoms with E-state index in [-0.39, 0.29) is 11.7 Å². The average molecular weight is 226 g/mol. The van der Waals surface area contributed by atoms with E-state index < -0.39 is 5.97 Å². The molecular formula is C11H18N2O3. The van der Waals surface area contributed by atoms with Gasteiger partial charge in [0.2, 0.25) is 0 Å². The fourth-order valence-electron chi connectivity index (χ4n) is 1.33. The van der Waals surface area contributed by atoms with Crippen LogP contribution in [0.4, 0.5) is 6.01 Å². The number of nitrogens with zero attached hydrogens (tertiary/aromatic N) is 1. The second-order valence-corrected chi connectivity index (χ2v) is 4.16. The van der Waals surface area contributed by atoms with Crippen molar-refractivity contribution in [2.24, 2.45) is 5.92 Å². The van der Waals surface area contributed by atoms with Crippen LogP contribution in [0.25, 0.3) is 0 Å². The molecule has 0 saturated carbocycles. The van der Waals surface area contributed by atoms with Crippen molar-refractivity contribution >= 4 is 12.0 Å². The van der Waals surface area contributed by atoms with Crippen molar-refractivity contribution in [3.05, 3.63) is 12.0 Å². The number of carboxylic acid groups (broad SMARTS) is 1. The first kappa shape index (κ1) is 12.5. The first-order chi connectivity index (χ1) is 7.59. The number of carboxylic acids is 1. The summed E-state index contributed by atoms with van der Waals surface area (Å²) in [5.74, 6) is -0.350. The maximum atomic E-state index is 10.5. The number of carbonyl (C=O) groups is 1. The second-order valence-electron chi connectivity index (χ2n) is 4.16. The molecule has 0 atom stereocenters. The molecule has 0 spiro atoms. The fourth-order valence-corrected chi connectivity index (χ4v) is 1.33.